The zero-order valence-electron chi connectivity index (χ0n) is 11.4. The van der Waals surface area contributed by atoms with Crippen LogP contribution in [-0.2, 0) is 9.59 Å². The Morgan fingerprint density at radius 2 is 1.90 bits per heavy atom. The Balaban J connectivity index is 2.64. The van der Waals surface area contributed by atoms with Gasteiger partial charge in [0.2, 0.25) is 5.91 Å². The molecule has 0 aliphatic rings. The van der Waals surface area contributed by atoms with Gasteiger partial charge in [0.1, 0.15) is 0 Å². The highest BCUT2D eigenvalue weighted by Gasteiger charge is 2.15. The van der Waals surface area contributed by atoms with Gasteiger partial charge in [-0.3, -0.25) is 35.3 Å². The minimum Gasteiger partial charge on any atom is -0.343 e. The van der Waals surface area contributed by atoms with Gasteiger partial charge in [-0.1, -0.05) is 6.07 Å². The summed E-state index contributed by atoms with van der Waals surface area (Å²) in [5, 5.41) is 13.1. The number of nitrogens with one attached hydrogen (secondary N) is 3. The number of nitrogens with zero attached hydrogens (tertiary/aromatic N) is 1. The Labute approximate surface area is 119 Å². The van der Waals surface area contributed by atoms with Crippen LogP contribution in [0.1, 0.15) is 22.8 Å². The van der Waals surface area contributed by atoms with Gasteiger partial charge < -0.3 is 5.32 Å². The molecule has 0 aliphatic carbocycles. The van der Waals surface area contributed by atoms with Crippen LogP contribution >= 0.6 is 0 Å². The van der Waals surface area contributed by atoms with Crippen molar-refractivity contribution in [1.82, 2.24) is 16.2 Å². The highest BCUT2D eigenvalue weighted by atomic mass is 16.6. The van der Waals surface area contributed by atoms with Crippen LogP contribution in [0.2, 0.25) is 0 Å². The molecule has 21 heavy (non-hydrogen) atoms. The summed E-state index contributed by atoms with van der Waals surface area (Å²) in [5.74, 6) is -1.71. The van der Waals surface area contributed by atoms with Crippen molar-refractivity contribution in [2.75, 3.05) is 6.54 Å². The van der Waals surface area contributed by atoms with Crippen LogP contribution in [0.25, 0.3) is 0 Å². The van der Waals surface area contributed by atoms with Crippen LogP contribution in [0.3, 0.4) is 0 Å². The fourth-order valence-electron chi connectivity index (χ4n) is 1.41. The number of nitro groups is 1. The van der Waals surface area contributed by atoms with E-state index in [9.17, 15) is 24.5 Å². The molecule has 3 amide bonds. The lowest BCUT2D eigenvalue weighted by molar-refractivity contribution is -0.385. The van der Waals surface area contributed by atoms with Gasteiger partial charge in [-0.2, -0.15) is 0 Å². The molecule has 0 saturated carbocycles. The topological polar surface area (TPSA) is 130 Å². The predicted molar refractivity (Wildman–Crippen MR) is 72.1 cm³/mol. The fraction of sp³-hybridized carbons (Fsp3) is 0.250. The number of aryl methyl sites for hydroxylation is 1. The minimum atomic E-state index is -0.629. The molecule has 0 unspecified atom stereocenters. The van der Waals surface area contributed by atoms with Gasteiger partial charge in [0.15, 0.2) is 0 Å². The number of carbonyl (C=O) groups is 3. The lowest BCUT2D eigenvalue weighted by Gasteiger charge is -2.07. The molecule has 3 N–H and O–H groups in total. The fourth-order valence-corrected chi connectivity index (χ4v) is 1.41. The summed E-state index contributed by atoms with van der Waals surface area (Å²) < 4.78 is 0. The van der Waals surface area contributed by atoms with Crippen LogP contribution in [-0.4, -0.2) is 29.2 Å². The van der Waals surface area contributed by atoms with Crippen LogP contribution in [0.4, 0.5) is 5.69 Å². The van der Waals surface area contributed by atoms with Crippen molar-refractivity contribution in [2.45, 2.75) is 13.8 Å². The number of hydrazine groups is 1. The molecule has 0 heterocycles. The number of rotatable bonds is 4. The molecule has 0 fully saturated rings. The van der Waals surface area contributed by atoms with Gasteiger partial charge in [0.25, 0.3) is 17.5 Å². The number of benzene rings is 1. The van der Waals surface area contributed by atoms with Gasteiger partial charge in [-0.15, -0.1) is 0 Å². The molecule has 0 aromatic heterocycles. The van der Waals surface area contributed by atoms with Gasteiger partial charge in [-0.05, 0) is 13.0 Å². The molecule has 1 rings (SSSR count). The van der Waals surface area contributed by atoms with E-state index in [1.807, 2.05) is 0 Å². The third kappa shape index (κ3) is 4.90. The highest BCUT2D eigenvalue weighted by Crippen LogP contribution is 2.18. The highest BCUT2D eigenvalue weighted by molar-refractivity contribution is 5.97. The molecule has 0 atom stereocenters. The zero-order valence-corrected chi connectivity index (χ0v) is 11.4. The summed E-state index contributed by atoms with van der Waals surface area (Å²) in [5.41, 5.74) is 4.45. The average Bonchev–Trinajstić information content (AvgIpc) is 2.42. The second-order valence-electron chi connectivity index (χ2n) is 4.17. The van der Waals surface area contributed by atoms with Gasteiger partial charge >= 0.3 is 0 Å². The average molecular weight is 294 g/mol. The standard InChI is InChI=1S/C12H14N4O5/c1-7-3-4-9(5-10(7)16(20)21)12(19)13-6-11(18)15-14-8(2)17/h3-5H,6H2,1-2H3,(H,13,19)(H,14,17)(H,15,18). The summed E-state index contributed by atoms with van der Waals surface area (Å²) in [6.45, 7) is 2.39. The predicted octanol–water partition coefficient (Wildman–Crippen LogP) is -0.200. The minimum absolute atomic E-state index is 0.0691. The molecule has 112 valence electrons. The Bertz CT molecular complexity index is 599. The maximum atomic E-state index is 11.8. The first-order chi connectivity index (χ1) is 9.81. The lowest BCUT2D eigenvalue weighted by Crippen LogP contribution is -2.45. The van der Waals surface area contributed by atoms with Crippen molar-refractivity contribution in [2.24, 2.45) is 0 Å². The molecular weight excluding hydrogens is 280 g/mol. The quantitative estimate of drug-likeness (QED) is 0.523. The van der Waals surface area contributed by atoms with Gasteiger partial charge in [-0.25, -0.2) is 0 Å². The summed E-state index contributed by atoms with van der Waals surface area (Å²) in [4.78, 5) is 43.8. The molecule has 1 aromatic carbocycles. The monoisotopic (exact) mass is 294 g/mol. The smallest absolute Gasteiger partial charge is 0.273 e. The molecule has 0 spiro atoms. The van der Waals surface area contributed by atoms with E-state index in [4.69, 9.17) is 0 Å². The maximum absolute atomic E-state index is 11.8. The SMILES string of the molecule is CC(=O)NNC(=O)CNC(=O)c1ccc(C)c([N+](=O)[O-])c1. The molecule has 9 nitrogen and oxygen atoms in total. The maximum Gasteiger partial charge on any atom is 0.273 e. The Morgan fingerprint density at radius 1 is 1.24 bits per heavy atom. The van der Waals surface area contributed by atoms with E-state index in [-0.39, 0.29) is 17.8 Å². The van der Waals surface area contributed by atoms with Crippen LogP contribution in [0.5, 0.6) is 0 Å². The molecule has 0 aliphatic heterocycles. The third-order valence-corrected chi connectivity index (χ3v) is 2.46. The van der Waals surface area contributed by atoms with E-state index in [1.54, 1.807) is 6.92 Å². The zero-order chi connectivity index (χ0) is 16.0. The summed E-state index contributed by atoms with van der Waals surface area (Å²) >= 11 is 0. The number of nitro benzene ring substituents is 1. The van der Waals surface area contributed by atoms with Crippen molar-refractivity contribution in [3.05, 3.63) is 39.4 Å². The number of carbonyl (C=O) groups excluding carboxylic acids is 3. The van der Waals surface area contributed by atoms with E-state index in [2.05, 4.69) is 16.2 Å². The second-order valence-corrected chi connectivity index (χ2v) is 4.17. The van der Waals surface area contributed by atoms with Crippen molar-refractivity contribution in [3.63, 3.8) is 0 Å². The number of amides is 3. The number of hydrogen-bond acceptors (Lipinski definition) is 5. The van der Waals surface area contributed by atoms with Gasteiger partial charge in [0.05, 0.1) is 11.5 Å². The molecule has 0 radical (unpaired) electrons. The van der Waals surface area contributed by atoms with Crippen LogP contribution in [0.15, 0.2) is 18.2 Å². The van der Waals surface area contributed by atoms with E-state index in [1.165, 1.54) is 19.1 Å². The van der Waals surface area contributed by atoms with E-state index in [0.29, 0.717) is 5.56 Å². The van der Waals surface area contributed by atoms with Crippen molar-refractivity contribution >= 4 is 23.4 Å². The first-order valence-electron chi connectivity index (χ1n) is 5.90. The molecule has 9 heteroatoms. The Hall–Kier alpha value is -2.97. The van der Waals surface area contributed by atoms with Gasteiger partial charge in [0, 0.05) is 24.1 Å². The molecule has 0 saturated heterocycles. The molecule has 1 aromatic rings. The van der Waals surface area contributed by atoms with Crippen molar-refractivity contribution < 1.29 is 19.3 Å². The van der Waals surface area contributed by atoms with E-state index < -0.39 is 22.6 Å². The third-order valence-electron chi connectivity index (χ3n) is 2.46. The van der Waals surface area contributed by atoms with Crippen molar-refractivity contribution in [3.8, 4) is 0 Å². The summed E-state index contributed by atoms with van der Waals surface area (Å²) in [7, 11) is 0. The Kier molecular flexibility index (Phi) is 5.35. The lowest BCUT2D eigenvalue weighted by atomic mass is 10.1. The Morgan fingerprint density at radius 3 is 2.48 bits per heavy atom. The molecule has 0 bridgehead atoms. The second kappa shape index (κ2) is 6.98. The van der Waals surface area contributed by atoms with E-state index >= 15 is 0 Å². The van der Waals surface area contributed by atoms with Crippen LogP contribution in [0, 0.1) is 17.0 Å². The summed E-state index contributed by atoms with van der Waals surface area (Å²) in [6.07, 6.45) is 0. The normalized spacial score (nSPS) is 9.62. The summed E-state index contributed by atoms with van der Waals surface area (Å²) in [6, 6.07) is 4.00. The van der Waals surface area contributed by atoms with Crippen molar-refractivity contribution in [1.29, 1.82) is 0 Å². The van der Waals surface area contributed by atoms with Crippen LogP contribution < -0.4 is 16.2 Å². The largest absolute Gasteiger partial charge is 0.343 e. The number of hydrogen-bond donors (Lipinski definition) is 3. The molecular formula is C12H14N4O5. The van der Waals surface area contributed by atoms with E-state index in [0.717, 1.165) is 6.07 Å². The first kappa shape index (κ1) is 16.1. The first-order valence-corrected chi connectivity index (χ1v) is 5.90.